The third kappa shape index (κ3) is 7.04. The number of carbonyl (C=O) groups excluding carboxylic acids is 1. The van der Waals surface area contributed by atoms with Gasteiger partial charge in [0.2, 0.25) is 0 Å². The highest BCUT2D eigenvalue weighted by Gasteiger charge is 2.38. The number of hydrogen-bond donors (Lipinski definition) is 2. The number of alkyl halides is 3. The maximum absolute atomic E-state index is 12.8. The van der Waals surface area contributed by atoms with E-state index < -0.39 is 28.0 Å². The molecule has 3 rings (SSSR count). The molecule has 0 bridgehead atoms. The van der Waals surface area contributed by atoms with Crippen LogP contribution in [0.4, 0.5) is 13.2 Å². The molecule has 0 aliphatic heterocycles. The van der Waals surface area contributed by atoms with Crippen molar-refractivity contribution in [1.82, 2.24) is 4.98 Å². The minimum atomic E-state index is -5.08. The predicted molar refractivity (Wildman–Crippen MR) is 114 cm³/mol. The van der Waals surface area contributed by atoms with Crippen LogP contribution in [-0.2, 0) is 25.1 Å². The fraction of sp³-hybridized carbons (Fsp3) is 0.136. The Labute approximate surface area is 192 Å². The van der Waals surface area contributed by atoms with E-state index in [1.807, 2.05) is 12.1 Å². The zero-order valence-electron chi connectivity index (χ0n) is 17.5. The number of carboxylic acid groups (broad SMARTS) is 1. The van der Waals surface area contributed by atoms with Crippen molar-refractivity contribution in [2.45, 2.75) is 16.8 Å². The fourth-order valence-electron chi connectivity index (χ4n) is 2.65. The molecule has 0 radical (unpaired) electrons. The van der Waals surface area contributed by atoms with E-state index in [2.05, 4.69) is 9.72 Å². The van der Waals surface area contributed by atoms with Gasteiger partial charge in [0.05, 0.1) is 17.8 Å². The van der Waals surface area contributed by atoms with Gasteiger partial charge in [-0.2, -0.15) is 13.2 Å². The number of pyridine rings is 1. The van der Waals surface area contributed by atoms with Crippen molar-refractivity contribution >= 4 is 21.8 Å². The average Bonchev–Trinajstić information content (AvgIpc) is 2.79. The lowest BCUT2D eigenvalue weighted by Crippen LogP contribution is -2.21. The van der Waals surface area contributed by atoms with Gasteiger partial charge in [-0.05, 0) is 41.5 Å². The molecule has 34 heavy (non-hydrogen) atoms. The first-order chi connectivity index (χ1) is 15.8. The van der Waals surface area contributed by atoms with E-state index in [9.17, 15) is 31.5 Å². The molecule has 180 valence electrons. The Hall–Kier alpha value is -3.93. The van der Waals surface area contributed by atoms with Crippen LogP contribution >= 0.6 is 0 Å². The van der Waals surface area contributed by atoms with Crippen molar-refractivity contribution in [1.29, 1.82) is 0 Å². The topological polar surface area (TPSA) is 131 Å². The molecular formula is C22H18F3NO7S. The van der Waals surface area contributed by atoms with Crippen molar-refractivity contribution < 1.29 is 46.1 Å². The zero-order valence-corrected chi connectivity index (χ0v) is 18.3. The number of benzene rings is 2. The molecule has 0 unspecified atom stereocenters. The lowest BCUT2D eigenvalue weighted by atomic mass is 10.1. The van der Waals surface area contributed by atoms with Crippen LogP contribution in [0.1, 0.15) is 15.9 Å². The SMILES string of the molecule is COC(=O)c1ccc(CS(=O)(=O)c2cccc(-c3cccnc3)c2)cc1O.O=C(O)C(F)(F)F. The molecule has 0 spiro atoms. The lowest BCUT2D eigenvalue weighted by molar-refractivity contribution is -0.192. The van der Waals surface area contributed by atoms with Crippen LogP contribution < -0.4 is 0 Å². The number of sulfone groups is 1. The molecule has 2 aromatic carbocycles. The summed E-state index contributed by atoms with van der Waals surface area (Å²) in [5, 5.41) is 17.1. The lowest BCUT2D eigenvalue weighted by Gasteiger charge is -2.09. The van der Waals surface area contributed by atoms with Gasteiger partial charge in [0.1, 0.15) is 11.3 Å². The molecule has 0 aliphatic carbocycles. The number of halogens is 3. The fourth-order valence-corrected chi connectivity index (χ4v) is 4.03. The number of aliphatic carboxylic acids is 1. The van der Waals surface area contributed by atoms with Crippen molar-refractivity contribution in [3.8, 4) is 16.9 Å². The number of hydrogen-bond acceptors (Lipinski definition) is 7. The highest BCUT2D eigenvalue weighted by molar-refractivity contribution is 7.90. The van der Waals surface area contributed by atoms with Crippen molar-refractivity contribution in [2.24, 2.45) is 0 Å². The first kappa shape index (κ1) is 26.3. The van der Waals surface area contributed by atoms with Gasteiger partial charge in [0.15, 0.2) is 9.84 Å². The number of carbonyl (C=O) groups is 2. The second-order valence-corrected chi connectivity index (χ2v) is 8.66. The van der Waals surface area contributed by atoms with Crippen LogP contribution in [0, 0.1) is 0 Å². The van der Waals surface area contributed by atoms with Gasteiger partial charge in [0, 0.05) is 18.0 Å². The van der Waals surface area contributed by atoms with E-state index in [1.54, 1.807) is 30.6 Å². The maximum Gasteiger partial charge on any atom is 0.490 e. The molecular weight excluding hydrogens is 479 g/mol. The first-order valence-corrected chi connectivity index (χ1v) is 10.9. The van der Waals surface area contributed by atoms with E-state index >= 15 is 0 Å². The van der Waals surface area contributed by atoms with Crippen LogP contribution in [0.15, 0.2) is 71.9 Å². The molecule has 0 saturated heterocycles. The highest BCUT2D eigenvalue weighted by atomic mass is 32.2. The molecule has 0 saturated carbocycles. The largest absolute Gasteiger partial charge is 0.507 e. The smallest absolute Gasteiger partial charge is 0.490 e. The number of methoxy groups -OCH3 is 1. The van der Waals surface area contributed by atoms with E-state index in [0.29, 0.717) is 5.56 Å². The number of aromatic hydroxyl groups is 1. The molecule has 2 N–H and O–H groups in total. The summed E-state index contributed by atoms with van der Waals surface area (Å²) in [6.45, 7) is 0. The number of aromatic nitrogens is 1. The minimum absolute atomic E-state index is 0.0165. The van der Waals surface area contributed by atoms with Gasteiger partial charge in [-0.3, -0.25) is 4.98 Å². The minimum Gasteiger partial charge on any atom is -0.507 e. The van der Waals surface area contributed by atoms with E-state index in [4.69, 9.17) is 9.90 Å². The maximum atomic E-state index is 12.8. The number of esters is 1. The number of nitrogens with zero attached hydrogens (tertiary/aromatic N) is 1. The number of phenols is 1. The Morgan fingerprint density at radius 3 is 2.21 bits per heavy atom. The summed E-state index contributed by atoms with van der Waals surface area (Å²) in [6, 6.07) is 14.3. The Morgan fingerprint density at radius 1 is 1.03 bits per heavy atom. The van der Waals surface area contributed by atoms with Crippen LogP contribution in [0.5, 0.6) is 5.75 Å². The average molecular weight is 497 g/mol. The Bertz CT molecular complexity index is 1280. The van der Waals surface area contributed by atoms with Gasteiger partial charge in [-0.1, -0.05) is 24.3 Å². The zero-order chi connectivity index (χ0) is 25.5. The third-order valence-electron chi connectivity index (χ3n) is 4.25. The van der Waals surface area contributed by atoms with Gasteiger partial charge in [0.25, 0.3) is 0 Å². The first-order valence-electron chi connectivity index (χ1n) is 9.28. The third-order valence-corrected chi connectivity index (χ3v) is 5.94. The number of rotatable bonds is 5. The van der Waals surface area contributed by atoms with Gasteiger partial charge in [-0.25, -0.2) is 18.0 Å². The van der Waals surface area contributed by atoms with E-state index in [0.717, 1.165) is 11.1 Å². The second-order valence-electron chi connectivity index (χ2n) is 6.67. The molecule has 0 amide bonds. The van der Waals surface area contributed by atoms with Gasteiger partial charge in [-0.15, -0.1) is 0 Å². The van der Waals surface area contributed by atoms with Gasteiger partial charge < -0.3 is 14.9 Å². The molecule has 0 aliphatic rings. The molecule has 0 atom stereocenters. The Morgan fingerprint density at radius 2 is 1.68 bits per heavy atom. The number of phenolic OH excluding ortho intramolecular Hbond substituents is 1. The van der Waals surface area contributed by atoms with Crippen molar-refractivity contribution in [3.05, 3.63) is 78.1 Å². The molecule has 3 aromatic rings. The standard InChI is InChI=1S/C20H17NO5S.C2HF3O2/c1-26-20(23)18-8-7-14(10-19(18)22)13-27(24,25)17-6-2-4-15(11-17)16-5-3-9-21-12-16;3-2(4,5)1(6)7/h2-12,22H,13H2,1H3;(H,6,7). The molecule has 12 heteroatoms. The van der Waals surface area contributed by atoms with Gasteiger partial charge >= 0.3 is 18.1 Å². The summed E-state index contributed by atoms with van der Waals surface area (Å²) in [5.41, 5.74) is 1.91. The summed E-state index contributed by atoms with van der Waals surface area (Å²) in [4.78, 5) is 24.6. The quantitative estimate of drug-likeness (QED) is 0.509. The normalized spacial score (nSPS) is 11.2. The van der Waals surface area contributed by atoms with Crippen molar-refractivity contribution in [2.75, 3.05) is 7.11 Å². The number of carboxylic acids is 1. The Balaban J connectivity index is 0.000000509. The van der Waals surface area contributed by atoms with Crippen LogP contribution in [0.3, 0.4) is 0 Å². The van der Waals surface area contributed by atoms with E-state index in [-0.39, 0.29) is 22.0 Å². The number of ether oxygens (including phenoxy) is 1. The summed E-state index contributed by atoms with van der Waals surface area (Å²) in [5.74, 6) is -4.07. The van der Waals surface area contributed by atoms with E-state index in [1.165, 1.54) is 31.4 Å². The van der Waals surface area contributed by atoms with Crippen molar-refractivity contribution in [3.63, 3.8) is 0 Å². The predicted octanol–water partition coefficient (Wildman–Crippen LogP) is 3.85. The molecule has 1 aromatic heterocycles. The molecule has 8 nitrogen and oxygen atoms in total. The highest BCUT2D eigenvalue weighted by Crippen LogP contribution is 2.26. The molecule has 0 fully saturated rings. The van der Waals surface area contributed by atoms with Crippen LogP contribution in [0.2, 0.25) is 0 Å². The summed E-state index contributed by atoms with van der Waals surface area (Å²) < 4.78 is 61.9. The van der Waals surface area contributed by atoms with Crippen LogP contribution in [-0.4, -0.2) is 48.8 Å². The Kier molecular flexibility index (Phi) is 8.36. The van der Waals surface area contributed by atoms with Crippen LogP contribution in [0.25, 0.3) is 11.1 Å². The monoisotopic (exact) mass is 497 g/mol. The second kappa shape index (κ2) is 10.8. The molecule has 1 heterocycles. The summed E-state index contributed by atoms with van der Waals surface area (Å²) >= 11 is 0. The summed E-state index contributed by atoms with van der Waals surface area (Å²) in [7, 11) is -2.44. The summed E-state index contributed by atoms with van der Waals surface area (Å²) in [6.07, 6.45) is -1.77.